The summed E-state index contributed by atoms with van der Waals surface area (Å²) in [4.78, 5) is 24.6. The monoisotopic (exact) mass is 316 g/mol. The number of hydrogen-bond donors (Lipinski definition) is 0. The Kier molecular flexibility index (Phi) is 6.24. The molecule has 5 nitrogen and oxygen atoms in total. The summed E-state index contributed by atoms with van der Waals surface area (Å²) in [5.41, 5.74) is 1.03. The third kappa shape index (κ3) is 5.38. The number of carbonyl (C=O) groups is 1. The van der Waals surface area contributed by atoms with Crippen molar-refractivity contribution in [2.45, 2.75) is 6.54 Å². The van der Waals surface area contributed by atoms with Crippen LogP contribution < -0.4 is 0 Å². The minimum atomic E-state index is -0.0131. The summed E-state index contributed by atoms with van der Waals surface area (Å²) in [5.74, 6) is -0.0131. The van der Waals surface area contributed by atoms with Crippen LogP contribution in [0.1, 0.15) is 10.6 Å². The van der Waals surface area contributed by atoms with Gasteiger partial charge in [-0.05, 0) is 31.8 Å². The first-order valence-corrected chi connectivity index (χ1v) is 7.93. The third-order valence-electron chi connectivity index (χ3n) is 3.04. The van der Waals surface area contributed by atoms with Crippen molar-refractivity contribution >= 4 is 23.3 Å². The van der Waals surface area contributed by atoms with Crippen LogP contribution in [0.15, 0.2) is 42.2 Å². The molecule has 2 aromatic heterocycles. The van der Waals surface area contributed by atoms with Gasteiger partial charge in [0.1, 0.15) is 5.01 Å². The molecule has 2 rings (SSSR count). The largest absolute Gasteiger partial charge is 0.333 e. The lowest BCUT2D eigenvalue weighted by molar-refractivity contribution is -0.126. The van der Waals surface area contributed by atoms with E-state index in [-0.39, 0.29) is 5.91 Å². The van der Waals surface area contributed by atoms with E-state index in [0.717, 1.165) is 17.1 Å². The second-order valence-electron chi connectivity index (χ2n) is 5.13. The van der Waals surface area contributed by atoms with Crippen LogP contribution in [0.25, 0.3) is 6.08 Å². The van der Waals surface area contributed by atoms with Gasteiger partial charge in [0, 0.05) is 49.7 Å². The van der Waals surface area contributed by atoms with Crippen LogP contribution in [-0.2, 0) is 11.3 Å². The van der Waals surface area contributed by atoms with E-state index in [1.807, 2.05) is 36.5 Å². The number of rotatable bonds is 7. The zero-order valence-electron chi connectivity index (χ0n) is 12.8. The molecule has 0 saturated carbocycles. The number of carbonyl (C=O) groups excluding carboxylic acids is 1. The van der Waals surface area contributed by atoms with Crippen LogP contribution in [0.3, 0.4) is 0 Å². The van der Waals surface area contributed by atoms with Gasteiger partial charge < -0.3 is 9.80 Å². The molecule has 0 radical (unpaired) electrons. The predicted octanol–water partition coefficient (Wildman–Crippen LogP) is 2.14. The van der Waals surface area contributed by atoms with Crippen LogP contribution in [-0.4, -0.2) is 52.9 Å². The first-order chi connectivity index (χ1) is 10.6. The van der Waals surface area contributed by atoms with Crippen LogP contribution in [0.5, 0.6) is 0 Å². The van der Waals surface area contributed by atoms with E-state index in [0.29, 0.717) is 13.1 Å². The molecule has 0 aliphatic heterocycles. The Bertz CT molecular complexity index is 596. The van der Waals surface area contributed by atoms with Crippen molar-refractivity contribution in [1.29, 1.82) is 0 Å². The first-order valence-electron chi connectivity index (χ1n) is 7.05. The number of pyridine rings is 1. The maximum absolute atomic E-state index is 12.4. The van der Waals surface area contributed by atoms with Crippen LogP contribution in [0.2, 0.25) is 0 Å². The second-order valence-corrected chi connectivity index (χ2v) is 6.05. The number of hydrogen-bond acceptors (Lipinski definition) is 5. The minimum absolute atomic E-state index is 0.0131. The molecular weight excluding hydrogens is 296 g/mol. The van der Waals surface area contributed by atoms with Gasteiger partial charge in [0.15, 0.2) is 0 Å². The zero-order chi connectivity index (χ0) is 15.8. The van der Waals surface area contributed by atoms with Gasteiger partial charge in [0.25, 0.3) is 0 Å². The molecule has 0 unspecified atom stereocenters. The molecule has 22 heavy (non-hydrogen) atoms. The zero-order valence-corrected chi connectivity index (χ0v) is 13.7. The first kappa shape index (κ1) is 16.3. The summed E-state index contributed by atoms with van der Waals surface area (Å²) >= 11 is 1.51. The number of aromatic nitrogens is 2. The Morgan fingerprint density at radius 3 is 2.82 bits per heavy atom. The predicted molar refractivity (Wildman–Crippen MR) is 89.4 cm³/mol. The summed E-state index contributed by atoms with van der Waals surface area (Å²) in [7, 11) is 4.00. The van der Waals surface area contributed by atoms with Crippen molar-refractivity contribution in [3.8, 4) is 0 Å². The maximum atomic E-state index is 12.4. The molecular formula is C16H20N4OS. The Balaban J connectivity index is 2.04. The van der Waals surface area contributed by atoms with E-state index in [1.54, 1.807) is 30.7 Å². The third-order valence-corrected chi connectivity index (χ3v) is 3.79. The van der Waals surface area contributed by atoms with Crippen molar-refractivity contribution in [3.63, 3.8) is 0 Å². The van der Waals surface area contributed by atoms with Gasteiger partial charge in [-0.15, -0.1) is 11.3 Å². The highest BCUT2D eigenvalue weighted by Gasteiger charge is 2.12. The van der Waals surface area contributed by atoms with Gasteiger partial charge in [-0.2, -0.15) is 0 Å². The van der Waals surface area contributed by atoms with Crippen molar-refractivity contribution in [3.05, 3.63) is 52.8 Å². The highest BCUT2D eigenvalue weighted by Crippen LogP contribution is 2.08. The number of nitrogens with zero attached hydrogens (tertiary/aromatic N) is 4. The molecule has 0 N–H and O–H groups in total. The molecule has 6 heteroatoms. The smallest absolute Gasteiger partial charge is 0.247 e. The highest BCUT2D eigenvalue weighted by atomic mass is 32.1. The fraction of sp³-hybridized carbons (Fsp3) is 0.312. The lowest BCUT2D eigenvalue weighted by Gasteiger charge is -2.23. The van der Waals surface area contributed by atoms with Gasteiger partial charge in [-0.25, -0.2) is 4.98 Å². The van der Waals surface area contributed by atoms with Crippen molar-refractivity contribution in [2.24, 2.45) is 0 Å². The van der Waals surface area contributed by atoms with Crippen molar-refractivity contribution in [2.75, 3.05) is 27.2 Å². The fourth-order valence-electron chi connectivity index (χ4n) is 1.86. The highest BCUT2D eigenvalue weighted by molar-refractivity contribution is 7.10. The molecule has 0 aliphatic rings. The van der Waals surface area contributed by atoms with Gasteiger partial charge >= 0.3 is 0 Å². The maximum Gasteiger partial charge on any atom is 0.247 e. The average Bonchev–Trinajstić information content (AvgIpc) is 3.03. The van der Waals surface area contributed by atoms with Crippen LogP contribution in [0.4, 0.5) is 0 Å². The Morgan fingerprint density at radius 2 is 2.18 bits per heavy atom. The fourth-order valence-corrected chi connectivity index (χ4v) is 2.39. The number of thiazole rings is 1. The van der Waals surface area contributed by atoms with Gasteiger partial charge in [0.05, 0.1) is 0 Å². The Labute approximate surface area is 134 Å². The molecule has 0 fully saturated rings. The Hall–Kier alpha value is -2.05. The summed E-state index contributed by atoms with van der Waals surface area (Å²) in [6, 6.07) is 3.86. The Morgan fingerprint density at radius 1 is 1.32 bits per heavy atom. The molecule has 0 saturated heterocycles. The van der Waals surface area contributed by atoms with E-state index in [1.165, 1.54) is 11.3 Å². The van der Waals surface area contributed by atoms with Crippen LogP contribution in [0, 0.1) is 0 Å². The van der Waals surface area contributed by atoms with Gasteiger partial charge in [0.2, 0.25) is 5.91 Å². The standard InChI is InChI=1S/C16H20N4OS/c1-19(2)9-10-20(13-14-4-3-7-17-12-14)16(21)6-5-15-18-8-11-22-15/h3-8,11-12H,9-10,13H2,1-2H3/b6-5+. The molecule has 0 aromatic carbocycles. The molecule has 0 spiro atoms. The SMILES string of the molecule is CN(C)CCN(Cc1cccnc1)C(=O)/C=C/c1nccs1. The van der Waals surface area contributed by atoms with Gasteiger partial charge in [-0.3, -0.25) is 9.78 Å². The van der Waals surface area contributed by atoms with Crippen LogP contribution >= 0.6 is 11.3 Å². The summed E-state index contributed by atoms with van der Waals surface area (Å²) < 4.78 is 0. The normalized spacial score (nSPS) is 11.2. The van der Waals surface area contributed by atoms with Crippen molar-refractivity contribution in [1.82, 2.24) is 19.8 Å². The van der Waals surface area contributed by atoms with E-state index in [2.05, 4.69) is 14.9 Å². The number of amides is 1. The molecule has 0 bridgehead atoms. The topological polar surface area (TPSA) is 49.3 Å². The summed E-state index contributed by atoms with van der Waals surface area (Å²) in [6.07, 6.45) is 8.61. The van der Waals surface area contributed by atoms with E-state index < -0.39 is 0 Å². The minimum Gasteiger partial charge on any atom is -0.333 e. The van der Waals surface area contributed by atoms with E-state index in [4.69, 9.17) is 0 Å². The van der Waals surface area contributed by atoms with Crippen molar-refractivity contribution < 1.29 is 4.79 Å². The molecule has 116 valence electrons. The second kappa shape index (κ2) is 8.41. The molecule has 2 heterocycles. The lowest BCUT2D eigenvalue weighted by atomic mass is 10.2. The lowest BCUT2D eigenvalue weighted by Crippen LogP contribution is -2.35. The molecule has 2 aromatic rings. The number of likely N-dealkylation sites (N-methyl/N-ethyl adjacent to an activating group) is 1. The summed E-state index contributed by atoms with van der Waals surface area (Å²) in [5, 5.41) is 2.73. The molecule has 0 aliphatic carbocycles. The average molecular weight is 316 g/mol. The van der Waals surface area contributed by atoms with Gasteiger partial charge in [-0.1, -0.05) is 6.07 Å². The summed E-state index contributed by atoms with van der Waals surface area (Å²) in [6.45, 7) is 2.04. The van der Waals surface area contributed by atoms with E-state index in [9.17, 15) is 4.79 Å². The molecule has 0 atom stereocenters. The quantitative estimate of drug-likeness (QED) is 0.734. The van der Waals surface area contributed by atoms with E-state index >= 15 is 0 Å². The molecule has 1 amide bonds.